The Hall–Kier alpha value is -5.03. The van der Waals surface area contributed by atoms with Gasteiger partial charge < -0.3 is 21.5 Å². The summed E-state index contributed by atoms with van der Waals surface area (Å²) in [6, 6.07) is 25.0. The van der Waals surface area contributed by atoms with E-state index in [-0.39, 0.29) is 22.1 Å². The third kappa shape index (κ3) is 7.29. The number of hydrogen-bond donors (Lipinski definition) is 4. The molecule has 11 heteroatoms. The minimum absolute atomic E-state index is 0.120. The lowest BCUT2D eigenvalue weighted by Gasteiger charge is -2.17. The molecule has 10 nitrogen and oxygen atoms in total. The number of anilines is 2. The second kappa shape index (κ2) is 12.7. The topological polar surface area (TPSA) is 164 Å². The molecule has 204 valence electrons. The van der Waals surface area contributed by atoms with E-state index < -0.39 is 33.4 Å². The van der Waals surface area contributed by atoms with Crippen LogP contribution in [-0.4, -0.2) is 36.3 Å². The summed E-state index contributed by atoms with van der Waals surface area (Å²) in [5.41, 5.74) is 8.45. The standard InChI is InChI=1S/C29H27N5O5S/c30-29(32-18-20-6-2-1-3-7-20)34-23-13-11-21(12-14-23)28(37)33-24-9-4-10-25(16-24)40(38,39)26(17-27(35)36)22-8-5-15-31-19-22/h1-16,19,26H,17-18H2,(H,33,37)(H,35,36)(H3,30,32,34). The van der Waals surface area contributed by atoms with E-state index >= 15 is 0 Å². The number of sulfone groups is 1. The van der Waals surface area contributed by atoms with Crippen LogP contribution in [0.1, 0.15) is 33.2 Å². The molecule has 1 atom stereocenters. The van der Waals surface area contributed by atoms with Gasteiger partial charge in [-0.3, -0.25) is 14.6 Å². The predicted octanol–water partition coefficient (Wildman–Crippen LogP) is 4.25. The SMILES string of the molecule is NC(=NCc1ccccc1)Nc1ccc(C(=O)Nc2cccc(S(=O)(=O)C(CC(=O)O)c3cccnc3)c2)cc1. The maximum Gasteiger partial charge on any atom is 0.305 e. The minimum atomic E-state index is -4.12. The van der Waals surface area contributed by atoms with Crippen LogP contribution in [0.25, 0.3) is 0 Å². The quantitative estimate of drug-likeness (QED) is 0.166. The van der Waals surface area contributed by atoms with Gasteiger partial charge in [0.1, 0.15) is 5.25 Å². The highest BCUT2D eigenvalue weighted by molar-refractivity contribution is 7.91. The predicted molar refractivity (Wildman–Crippen MR) is 153 cm³/mol. The maximum absolute atomic E-state index is 13.4. The molecule has 1 aromatic heterocycles. The number of aromatic nitrogens is 1. The number of carboxylic acids is 1. The van der Waals surface area contributed by atoms with Crippen molar-refractivity contribution in [1.82, 2.24) is 4.98 Å². The van der Waals surface area contributed by atoms with E-state index in [0.29, 0.717) is 17.8 Å². The normalized spacial score (nSPS) is 12.3. The Kier molecular flexibility index (Phi) is 8.87. The number of aliphatic carboxylic acids is 1. The van der Waals surface area contributed by atoms with Crippen molar-refractivity contribution in [3.8, 4) is 0 Å². The van der Waals surface area contributed by atoms with Gasteiger partial charge in [-0.25, -0.2) is 13.4 Å². The van der Waals surface area contributed by atoms with Gasteiger partial charge >= 0.3 is 5.97 Å². The van der Waals surface area contributed by atoms with Crippen LogP contribution in [0, 0.1) is 0 Å². The number of aliphatic imine (C=N–C) groups is 1. The number of nitrogens with one attached hydrogen (secondary N) is 2. The summed E-state index contributed by atoms with van der Waals surface area (Å²) in [6.07, 6.45) is 2.17. The van der Waals surface area contributed by atoms with Crippen LogP contribution in [0.5, 0.6) is 0 Å². The zero-order chi connectivity index (χ0) is 28.5. The summed E-state index contributed by atoms with van der Waals surface area (Å²) in [6.45, 7) is 0.425. The van der Waals surface area contributed by atoms with Crippen LogP contribution < -0.4 is 16.4 Å². The molecule has 4 rings (SSSR count). The van der Waals surface area contributed by atoms with Crippen molar-refractivity contribution < 1.29 is 23.1 Å². The van der Waals surface area contributed by atoms with Crippen molar-refractivity contribution in [2.45, 2.75) is 23.1 Å². The first-order valence-electron chi connectivity index (χ1n) is 12.2. The number of guanidine groups is 1. The molecule has 0 saturated carbocycles. The Morgan fingerprint density at radius 2 is 1.65 bits per heavy atom. The fourth-order valence-corrected chi connectivity index (χ4v) is 5.65. The number of pyridine rings is 1. The molecule has 0 radical (unpaired) electrons. The smallest absolute Gasteiger partial charge is 0.305 e. The molecule has 3 aromatic carbocycles. The van der Waals surface area contributed by atoms with Crippen molar-refractivity contribution >= 4 is 39.0 Å². The minimum Gasteiger partial charge on any atom is -0.481 e. The molecule has 0 aliphatic carbocycles. The van der Waals surface area contributed by atoms with Crippen molar-refractivity contribution in [3.63, 3.8) is 0 Å². The van der Waals surface area contributed by atoms with Gasteiger partial charge in [0.2, 0.25) is 0 Å². The first-order chi connectivity index (χ1) is 19.2. The molecule has 0 aliphatic rings. The fourth-order valence-electron chi connectivity index (χ4n) is 3.90. The number of benzene rings is 3. The Labute approximate surface area is 231 Å². The second-order valence-corrected chi connectivity index (χ2v) is 10.9. The molecule has 5 N–H and O–H groups in total. The third-order valence-corrected chi connectivity index (χ3v) is 8.00. The van der Waals surface area contributed by atoms with Crippen LogP contribution in [0.4, 0.5) is 11.4 Å². The highest BCUT2D eigenvalue weighted by Gasteiger charge is 2.31. The summed E-state index contributed by atoms with van der Waals surface area (Å²) in [4.78, 5) is 32.4. The Bertz CT molecular complexity index is 1610. The Balaban J connectivity index is 1.44. The van der Waals surface area contributed by atoms with Crippen LogP contribution in [0.15, 0.2) is 113 Å². The van der Waals surface area contributed by atoms with Gasteiger partial charge in [0.15, 0.2) is 15.8 Å². The number of amides is 1. The molecule has 4 aromatic rings. The van der Waals surface area contributed by atoms with Gasteiger partial charge in [0.05, 0.1) is 17.9 Å². The Morgan fingerprint density at radius 3 is 2.33 bits per heavy atom. The van der Waals surface area contributed by atoms with Gasteiger partial charge in [-0.1, -0.05) is 42.5 Å². The number of hydrogen-bond acceptors (Lipinski definition) is 6. The van der Waals surface area contributed by atoms with Crippen molar-refractivity contribution in [2.75, 3.05) is 10.6 Å². The van der Waals surface area contributed by atoms with Gasteiger partial charge in [-0.15, -0.1) is 0 Å². The molecule has 40 heavy (non-hydrogen) atoms. The lowest BCUT2D eigenvalue weighted by Crippen LogP contribution is -2.22. The van der Waals surface area contributed by atoms with E-state index in [2.05, 4.69) is 20.6 Å². The van der Waals surface area contributed by atoms with Gasteiger partial charge in [0, 0.05) is 29.3 Å². The van der Waals surface area contributed by atoms with Crippen LogP contribution in [0.3, 0.4) is 0 Å². The van der Waals surface area contributed by atoms with E-state index in [1.807, 2.05) is 30.3 Å². The van der Waals surface area contributed by atoms with Crippen LogP contribution in [-0.2, 0) is 21.2 Å². The molecule has 0 spiro atoms. The van der Waals surface area contributed by atoms with E-state index in [0.717, 1.165) is 5.56 Å². The molecule has 0 aliphatic heterocycles. The highest BCUT2D eigenvalue weighted by atomic mass is 32.2. The van der Waals surface area contributed by atoms with Crippen molar-refractivity contribution in [2.24, 2.45) is 10.7 Å². The average molecular weight is 558 g/mol. The molecular formula is C29H27N5O5S. The largest absolute Gasteiger partial charge is 0.481 e. The van der Waals surface area contributed by atoms with Gasteiger partial charge in [-0.2, -0.15) is 0 Å². The highest BCUT2D eigenvalue weighted by Crippen LogP contribution is 2.32. The second-order valence-electron chi connectivity index (χ2n) is 8.79. The number of nitrogens with zero attached hydrogens (tertiary/aromatic N) is 2. The zero-order valence-electron chi connectivity index (χ0n) is 21.3. The summed E-state index contributed by atoms with van der Waals surface area (Å²) < 4.78 is 26.8. The molecule has 0 bridgehead atoms. The third-order valence-electron chi connectivity index (χ3n) is 5.91. The van der Waals surface area contributed by atoms with Crippen molar-refractivity contribution in [1.29, 1.82) is 0 Å². The molecule has 0 fully saturated rings. The fraction of sp³-hybridized carbons (Fsp3) is 0.103. The number of nitrogens with two attached hydrogens (primary N) is 1. The van der Waals surface area contributed by atoms with E-state index in [4.69, 9.17) is 5.73 Å². The molecule has 1 unspecified atom stereocenters. The summed E-state index contributed by atoms with van der Waals surface area (Å²) in [5.74, 6) is -1.49. The first kappa shape index (κ1) is 28.0. The van der Waals surface area contributed by atoms with E-state index in [1.165, 1.54) is 36.7 Å². The average Bonchev–Trinajstić information content (AvgIpc) is 2.96. The lowest BCUT2D eigenvalue weighted by atomic mass is 10.1. The molecule has 0 saturated heterocycles. The first-order valence-corrected chi connectivity index (χ1v) is 13.7. The van der Waals surface area contributed by atoms with E-state index in [1.54, 1.807) is 36.4 Å². The lowest BCUT2D eigenvalue weighted by molar-refractivity contribution is -0.137. The van der Waals surface area contributed by atoms with Crippen LogP contribution in [0.2, 0.25) is 0 Å². The van der Waals surface area contributed by atoms with Gasteiger partial charge in [0.25, 0.3) is 5.91 Å². The molecular weight excluding hydrogens is 530 g/mol. The monoisotopic (exact) mass is 557 g/mol. The number of carboxylic acid groups (broad SMARTS) is 1. The summed E-state index contributed by atoms with van der Waals surface area (Å²) in [5, 5.41) is 13.7. The maximum atomic E-state index is 13.4. The van der Waals surface area contributed by atoms with E-state index in [9.17, 15) is 23.1 Å². The van der Waals surface area contributed by atoms with Gasteiger partial charge in [-0.05, 0) is 59.7 Å². The number of carbonyl (C=O) groups excluding carboxylic acids is 1. The number of carbonyl (C=O) groups is 2. The number of rotatable bonds is 10. The molecule has 1 amide bonds. The van der Waals surface area contributed by atoms with Crippen molar-refractivity contribution in [3.05, 3.63) is 120 Å². The zero-order valence-corrected chi connectivity index (χ0v) is 22.1. The Morgan fingerprint density at radius 1 is 0.900 bits per heavy atom. The summed E-state index contributed by atoms with van der Waals surface area (Å²) in [7, 11) is -4.12. The molecule has 1 heterocycles. The summed E-state index contributed by atoms with van der Waals surface area (Å²) >= 11 is 0. The van der Waals surface area contributed by atoms with Crippen LogP contribution >= 0.6 is 0 Å².